The first-order chi connectivity index (χ1) is 6.75. The second-order valence-corrected chi connectivity index (χ2v) is 4.89. The van der Waals surface area contributed by atoms with Crippen LogP contribution in [0.2, 0.25) is 0 Å². The van der Waals surface area contributed by atoms with Crippen molar-refractivity contribution in [3.8, 4) is 0 Å². The molecule has 4 heteroatoms. The third-order valence-corrected chi connectivity index (χ3v) is 3.37. The van der Waals surface area contributed by atoms with Crippen molar-refractivity contribution in [2.24, 2.45) is 0 Å². The molecule has 0 atom stereocenters. The van der Waals surface area contributed by atoms with E-state index in [-0.39, 0.29) is 0 Å². The molecule has 1 fully saturated rings. The smallest absolute Gasteiger partial charge is 0.143 e. The summed E-state index contributed by atoms with van der Waals surface area (Å²) in [7, 11) is 0. The van der Waals surface area contributed by atoms with Gasteiger partial charge in [0.25, 0.3) is 0 Å². The minimum absolute atomic E-state index is 0.726. The molecule has 0 aliphatic carbocycles. The van der Waals surface area contributed by atoms with Crippen molar-refractivity contribution in [3.05, 3.63) is 40.8 Å². The largest absolute Gasteiger partial charge is 0.331 e. The Morgan fingerprint density at radius 2 is 1.86 bits per heavy atom. The molecule has 1 aliphatic heterocycles. The van der Waals surface area contributed by atoms with E-state index in [1.165, 1.54) is 11.8 Å². The van der Waals surface area contributed by atoms with Crippen LogP contribution in [0.15, 0.2) is 35.2 Å². The maximum atomic E-state index is 5.13. The normalized spacial score (nSPS) is 18.7. The van der Waals surface area contributed by atoms with Crippen LogP contribution in [0.3, 0.4) is 0 Å². The van der Waals surface area contributed by atoms with Crippen LogP contribution in [0.25, 0.3) is 6.08 Å². The van der Waals surface area contributed by atoms with Crippen LogP contribution in [0.1, 0.15) is 5.56 Å². The molecule has 1 aromatic rings. The summed E-state index contributed by atoms with van der Waals surface area (Å²) >= 11 is 11.7. The molecular formula is C10H7NS3. The van der Waals surface area contributed by atoms with Crippen LogP contribution in [-0.4, -0.2) is 9.31 Å². The van der Waals surface area contributed by atoms with Gasteiger partial charge in [-0.25, -0.2) is 0 Å². The Hall–Kier alpha value is -0.710. The monoisotopic (exact) mass is 237 g/mol. The van der Waals surface area contributed by atoms with Crippen molar-refractivity contribution in [1.82, 2.24) is 5.32 Å². The lowest BCUT2D eigenvalue weighted by Crippen LogP contribution is -2.15. The predicted molar refractivity (Wildman–Crippen MR) is 70.3 cm³/mol. The second-order valence-electron chi connectivity index (χ2n) is 2.76. The minimum atomic E-state index is 0.726. The van der Waals surface area contributed by atoms with Gasteiger partial charge in [0.05, 0.1) is 0 Å². The molecular weight excluding hydrogens is 230 g/mol. The van der Waals surface area contributed by atoms with Gasteiger partial charge in [0.1, 0.15) is 9.31 Å². The van der Waals surface area contributed by atoms with Gasteiger partial charge in [0.2, 0.25) is 0 Å². The molecule has 1 nitrogen and oxygen atoms in total. The lowest BCUT2D eigenvalue weighted by atomic mass is 10.2. The highest BCUT2D eigenvalue weighted by molar-refractivity contribution is 8.27. The van der Waals surface area contributed by atoms with E-state index in [0.717, 1.165) is 19.8 Å². The van der Waals surface area contributed by atoms with Crippen molar-refractivity contribution < 1.29 is 0 Å². The second kappa shape index (κ2) is 4.21. The highest BCUT2D eigenvalue weighted by atomic mass is 32.2. The van der Waals surface area contributed by atoms with Crippen LogP contribution in [0.4, 0.5) is 0 Å². The van der Waals surface area contributed by atoms with E-state index >= 15 is 0 Å². The molecule has 14 heavy (non-hydrogen) atoms. The van der Waals surface area contributed by atoms with Gasteiger partial charge < -0.3 is 5.32 Å². The van der Waals surface area contributed by atoms with Crippen molar-refractivity contribution in [2.45, 2.75) is 0 Å². The number of thioether (sulfide) groups is 1. The highest BCUT2D eigenvalue weighted by Crippen LogP contribution is 2.26. The van der Waals surface area contributed by atoms with Crippen molar-refractivity contribution >= 4 is 51.6 Å². The molecule has 0 saturated carbocycles. The van der Waals surface area contributed by atoms with Gasteiger partial charge in [-0.1, -0.05) is 66.5 Å². The van der Waals surface area contributed by atoms with Gasteiger partial charge in [-0.05, 0) is 11.6 Å². The average Bonchev–Trinajstić information content (AvgIpc) is 2.47. The van der Waals surface area contributed by atoms with E-state index in [1.54, 1.807) is 0 Å². The molecule has 0 amide bonds. The van der Waals surface area contributed by atoms with Gasteiger partial charge in [-0.15, -0.1) is 0 Å². The first kappa shape index (κ1) is 9.83. The molecule has 1 heterocycles. The van der Waals surface area contributed by atoms with Crippen LogP contribution in [-0.2, 0) is 0 Å². The summed E-state index contributed by atoms with van der Waals surface area (Å²) in [5.74, 6) is 0. The Kier molecular flexibility index (Phi) is 2.96. The zero-order valence-electron chi connectivity index (χ0n) is 7.19. The summed E-state index contributed by atoms with van der Waals surface area (Å²) < 4.78 is 0.734. The number of benzene rings is 1. The van der Waals surface area contributed by atoms with Crippen LogP contribution in [0, 0.1) is 0 Å². The summed E-state index contributed by atoms with van der Waals surface area (Å²) in [5, 5.41) is 2.94. The van der Waals surface area contributed by atoms with E-state index in [9.17, 15) is 0 Å². The Labute approximate surface area is 97.6 Å². The maximum Gasteiger partial charge on any atom is 0.143 e. The fraction of sp³-hybridized carbons (Fsp3) is 0. The van der Waals surface area contributed by atoms with Crippen molar-refractivity contribution in [3.63, 3.8) is 0 Å². The standard InChI is InChI=1S/C10H7NS3/c12-9-8(14-10(13)11-9)6-7-4-2-1-3-5-7/h1-6H,(H,11,12,13). The Bertz CT molecular complexity index is 409. The van der Waals surface area contributed by atoms with Gasteiger partial charge in [-0.2, -0.15) is 0 Å². The van der Waals surface area contributed by atoms with Gasteiger partial charge in [0.15, 0.2) is 0 Å². The first-order valence-electron chi connectivity index (χ1n) is 4.05. The van der Waals surface area contributed by atoms with Crippen molar-refractivity contribution in [2.75, 3.05) is 0 Å². The number of hydrogen-bond acceptors (Lipinski definition) is 3. The lowest BCUT2D eigenvalue weighted by molar-refractivity contribution is 1.52. The number of rotatable bonds is 1. The fourth-order valence-electron chi connectivity index (χ4n) is 1.12. The molecule has 0 radical (unpaired) electrons. The molecule has 1 N–H and O–H groups in total. The fourth-order valence-corrected chi connectivity index (χ4v) is 2.60. The predicted octanol–water partition coefficient (Wildman–Crippen LogP) is 2.98. The van der Waals surface area contributed by atoms with E-state index in [0.29, 0.717) is 0 Å². The third kappa shape index (κ3) is 2.20. The lowest BCUT2D eigenvalue weighted by Gasteiger charge is -1.94. The zero-order valence-corrected chi connectivity index (χ0v) is 9.64. The summed E-state index contributed by atoms with van der Waals surface area (Å²) in [6.45, 7) is 0. The molecule has 0 spiro atoms. The van der Waals surface area contributed by atoms with Crippen molar-refractivity contribution in [1.29, 1.82) is 0 Å². The topological polar surface area (TPSA) is 12.0 Å². The molecule has 2 rings (SSSR count). The molecule has 70 valence electrons. The van der Waals surface area contributed by atoms with Gasteiger partial charge >= 0.3 is 0 Å². The number of hydrogen-bond donors (Lipinski definition) is 1. The van der Waals surface area contributed by atoms with Crippen LogP contribution in [0.5, 0.6) is 0 Å². The summed E-state index contributed by atoms with van der Waals surface area (Å²) in [5.41, 5.74) is 1.14. The Balaban J connectivity index is 2.28. The SMILES string of the molecule is S=C1NC(=S)C(=Cc2ccccc2)S1. The molecule has 1 aromatic carbocycles. The quantitative estimate of drug-likeness (QED) is 0.595. The number of thiocarbonyl (C=S) groups is 2. The minimum Gasteiger partial charge on any atom is -0.331 e. The molecule has 1 saturated heterocycles. The van der Waals surface area contributed by atoms with Crippen LogP contribution < -0.4 is 5.32 Å². The van der Waals surface area contributed by atoms with E-state index in [1.807, 2.05) is 36.4 Å². The Morgan fingerprint density at radius 3 is 2.43 bits per heavy atom. The van der Waals surface area contributed by atoms with E-state index in [4.69, 9.17) is 24.4 Å². The highest BCUT2D eigenvalue weighted by Gasteiger charge is 2.17. The summed E-state index contributed by atoms with van der Waals surface area (Å²) in [4.78, 5) is 1.75. The molecule has 0 unspecified atom stereocenters. The Morgan fingerprint density at radius 1 is 1.14 bits per heavy atom. The summed E-state index contributed by atoms with van der Waals surface area (Å²) in [6, 6.07) is 10.1. The first-order valence-corrected chi connectivity index (χ1v) is 5.69. The van der Waals surface area contributed by atoms with Gasteiger partial charge in [-0.3, -0.25) is 0 Å². The summed E-state index contributed by atoms with van der Waals surface area (Å²) in [6.07, 6.45) is 2.04. The molecule has 0 aromatic heterocycles. The van der Waals surface area contributed by atoms with E-state index in [2.05, 4.69) is 5.32 Å². The molecule has 0 bridgehead atoms. The number of nitrogens with one attached hydrogen (secondary N) is 1. The third-order valence-electron chi connectivity index (χ3n) is 1.74. The van der Waals surface area contributed by atoms with Gasteiger partial charge in [0, 0.05) is 4.91 Å². The average molecular weight is 237 g/mol. The zero-order chi connectivity index (χ0) is 9.97. The van der Waals surface area contributed by atoms with E-state index < -0.39 is 0 Å². The molecule has 1 aliphatic rings. The van der Waals surface area contributed by atoms with Crippen LogP contribution >= 0.6 is 36.2 Å². The maximum absolute atomic E-state index is 5.13.